The Hall–Kier alpha value is -1.16. The summed E-state index contributed by atoms with van der Waals surface area (Å²) in [4.78, 5) is 0. The van der Waals surface area contributed by atoms with E-state index in [1.165, 1.54) is 12.8 Å². The molecule has 1 atom stereocenters. The van der Waals surface area contributed by atoms with Gasteiger partial charge in [0, 0.05) is 6.04 Å². The lowest BCUT2D eigenvalue weighted by Crippen LogP contribution is -2.28. The highest BCUT2D eigenvalue weighted by Gasteiger charge is 2.21. The van der Waals surface area contributed by atoms with E-state index >= 15 is 0 Å². The van der Waals surface area contributed by atoms with Crippen molar-refractivity contribution in [3.05, 3.63) is 29.8 Å². The Labute approximate surface area is 113 Å². The molecule has 1 aliphatic carbocycles. The molecule has 4 heteroatoms. The van der Waals surface area contributed by atoms with Crippen LogP contribution >= 0.6 is 0 Å². The Kier molecular flexibility index (Phi) is 5.14. The molecule has 1 N–H and O–H groups in total. The van der Waals surface area contributed by atoms with Crippen molar-refractivity contribution in [2.75, 3.05) is 6.54 Å². The first-order chi connectivity index (χ1) is 9.13. The van der Waals surface area contributed by atoms with Crippen LogP contribution in [0, 0.1) is 5.92 Å². The lowest BCUT2D eigenvalue weighted by atomic mass is 10.1. The number of hydrogen-bond acceptors (Lipinski definition) is 2. The zero-order valence-electron chi connectivity index (χ0n) is 11.2. The summed E-state index contributed by atoms with van der Waals surface area (Å²) in [6.07, 6.45) is 4.74. The van der Waals surface area contributed by atoms with Crippen molar-refractivity contribution < 1.29 is 13.5 Å². The van der Waals surface area contributed by atoms with Gasteiger partial charge in [-0.1, -0.05) is 12.1 Å². The Bertz CT molecular complexity index is 376. The number of hydrogen-bond donors (Lipinski definition) is 1. The first-order valence-corrected chi connectivity index (χ1v) is 6.90. The van der Waals surface area contributed by atoms with Crippen LogP contribution in [0.1, 0.15) is 31.7 Å². The van der Waals surface area contributed by atoms with Crippen LogP contribution in [0.4, 0.5) is 8.78 Å². The highest BCUT2D eigenvalue weighted by atomic mass is 19.3. The van der Waals surface area contributed by atoms with E-state index in [2.05, 4.69) is 17.0 Å². The maximum absolute atomic E-state index is 12.0. The van der Waals surface area contributed by atoms with E-state index in [0.717, 1.165) is 30.9 Å². The molecule has 1 aromatic carbocycles. The number of benzene rings is 1. The van der Waals surface area contributed by atoms with Gasteiger partial charge < -0.3 is 10.1 Å². The van der Waals surface area contributed by atoms with Gasteiger partial charge in [-0.2, -0.15) is 8.78 Å². The van der Waals surface area contributed by atoms with Crippen LogP contribution in [0.2, 0.25) is 0 Å². The predicted molar refractivity (Wildman–Crippen MR) is 71.6 cm³/mol. The van der Waals surface area contributed by atoms with E-state index < -0.39 is 6.61 Å². The topological polar surface area (TPSA) is 21.3 Å². The molecule has 1 aliphatic rings. The Morgan fingerprint density at radius 1 is 1.26 bits per heavy atom. The summed E-state index contributed by atoms with van der Waals surface area (Å²) in [6.45, 7) is 0.566. The normalized spacial score (nSPS) is 16.6. The smallest absolute Gasteiger partial charge is 0.387 e. The maximum Gasteiger partial charge on any atom is 0.387 e. The van der Waals surface area contributed by atoms with E-state index in [4.69, 9.17) is 0 Å². The second-order valence-corrected chi connectivity index (χ2v) is 5.31. The minimum atomic E-state index is -2.75. The molecule has 2 nitrogen and oxygen atoms in total. The largest absolute Gasteiger partial charge is 0.435 e. The lowest BCUT2D eigenvalue weighted by molar-refractivity contribution is -0.0498. The van der Waals surface area contributed by atoms with E-state index in [9.17, 15) is 8.78 Å². The van der Waals surface area contributed by atoms with Gasteiger partial charge >= 0.3 is 6.61 Å². The summed E-state index contributed by atoms with van der Waals surface area (Å²) < 4.78 is 28.3. The molecule has 1 fully saturated rings. The van der Waals surface area contributed by atoms with Crippen molar-refractivity contribution in [2.45, 2.75) is 45.3 Å². The van der Waals surface area contributed by atoms with Gasteiger partial charge in [0.25, 0.3) is 0 Å². The quantitative estimate of drug-likeness (QED) is 0.778. The fourth-order valence-corrected chi connectivity index (χ4v) is 2.01. The van der Waals surface area contributed by atoms with Gasteiger partial charge in [-0.25, -0.2) is 0 Å². The summed E-state index contributed by atoms with van der Waals surface area (Å²) in [5.41, 5.74) is 1.15. The molecule has 0 heterocycles. The highest BCUT2D eigenvalue weighted by molar-refractivity contribution is 5.27. The van der Waals surface area contributed by atoms with Gasteiger partial charge in [0.2, 0.25) is 0 Å². The first kappa shape index (κ1) is 14.3. The van der Waals surface area contributed by atoms with Crippen LogP contribution in [0.5, 0.6) is 5.75 Å². The van der Waals surface area contributed by atoms with Gasteiger partial charge in [0.1, 0.15) is 5.75 Å². The molecule has 1 aromatic rings. The van der Waals surface area contributed by atoms with Crippen molar-refractivity contribution in [1.29, 1.82) is 0 Å². The second-order valence-electron chi connectivity index (χ2n) is 5.31. The van der Waals surface area contributed by atoms with Crippen molar-refractivity contribution in [3.63, 3.8) is 0 Å². The number of aryl methyl sites for hydroxylation is 1. The van der Waals surface area contributed by atoms with Gasteiger partial charge in [-0.3, -0.25) is 0 Å². The Morgan fingerprint density at radius 2 is 1.95 bits per heavy atom. The predicted octanol–water partition coefficient (Wildman–Crippen LogP) is 3.61. The van der Waals surface area contributed by atoms with Crippen LogP contribution in [0.3, 0.4) is 0 Å². The minimum Gasteiger partial charge on any atom is -0.435 e. The zero-order valence-corrected chi connectivity index (χ0v) is 11.2. The third-order valence-electron chi connectivity index (χ3n) is 3.47. The van der Waals surface area contributed by atoms with Crippen molar-refractivity contribution in [3.8, 4) is 5.75 Å². The molecule has 2 rings (SSSR count). The summed E-state index contributed by atoms with van der Waals surface area (Å²) >= 11 is 0. The molecule has 1 unspecified atom stereocenters. The SMILES string of the molecule is CC(CCc1ccc(OC(F)F)cc1)NCC1CC1. The van der Waals surface area contributed by atoms with Crippen molar-refractivity contribution in [1.82, 2.24) is 5.32 Å². The number of ether oxygens (including phenoxy) is 1. The molecule has 0 aromatic heterocycles. The Morgan fingerprint density at radius 3 is 2.53 bits per heavy atom. The maximum atomic E-state index is 12.0. The van der Waals surface area contributed by atoms with Gasteiger partial charge in [-0.15, -0.1) is 0 Å². The summed E-state index contributed by atoms with van der Waals surface area (Å²) in [7, 11) is 0. The Balaban J connectivity index is 1.69. The fourth-order valence-electron chi connectivity index (χ4n) is 2.01. The van der Waals surface area contributed by atoms with E-state index in [1.807, 2.05) is 12.1 Å². The molecule has 0 radical (unpaired) electrons. The van der Waals surface area contributed by atoms with E-state index in [0.29, 0.717) is 6.04 Å². The third-order valence-corrected chi connectivity index (χ3v) is 3.47. The summed E-state index contributed by atoms with van der Waals surface area (Å²) in [5.74, 6) is 1.12. The minimum absolute atomic E-state index is 0.221. The van der Waals surface area contributed by atoms with E-state index in [-0.39, 0.29) is 5.75 Å². The third kappa shape index (κ3) is 5.55. The fraction of sp³-hybridized carbons (Fsp3) is 0.600. The van der Waals surface area contributed by atoms with Crippen LogP contribution < -0.4 is 10.1 Å². The highest BCUT2D eigenvalue weighted by Crippen LogP contribution is 2.27. The second kappa shape index (κ2) is 6.85. The number of halogens is 2. The summed E-state index contributed by atoms with van der Waals surface area (Å²) in [5, 5.41) is 3.53. The lowest BCUT2D eigenvalue weighted by Gasteiger charge is -2.13. The van der Waals surface area contributed by atoms with Crippen molar-refractivity contribution in [2.24, 2.45) is 5.92 Å². The van der Waals surface area contributed by atoms with Gasteiger partial charge in [-0.05, 0) is 62.8 Å². The molecule has 106 valence electrons. The molecule has 0 amide bonds. The monoisotopic (exact) mass is 269 g/mol. The zero-order chi connectivity index (χ0) is 13.7. The average Bonchev–Trinajstić information content (AvgIpc) is 3.19. The molecular formula is C15H21F2NO. The molecular weight excluding hydrogens is 248 g/mol. The molecule has 0 saturated heterocycles. The molecule has 0 aliphatic heterocycles. The van der Waals surface area contributed by atoms with Gasteiger partial charge in [0.15, 0.2) is 0 Å². The van der Waals surface area contributed by atoms with Gasteiger partial charge in [0.05, 0.1) is 0 Å². The van der Waals surface area contributed by atoms with Crippen molar-refractivity contribution >= 4 is 0 Å². The molecule has 19 heavy (non-hydrogen) atoms. The van der Waals surface area contributed by atoms with Crippen LogP contribution in [-0.4, -0.2) is 19.2 Å². The molecule has 1 saturated carbocycles. The van der Waals surface area contributed by atoms with Crippen LogP contribution in [0.25, 0.3) is 0 Å². The number of nitrogens with one attached hydrogen (secondary N) is 1. The summed E-state index contributed by atoms with van der Waals surface area (Å²) in [6, 6.07) is 7.40. The first-order valence-electron chi connectivity index (χ1n) is 6.90. The standard InChI is InChI=1S/C15H21F2NO/c1-11(18-10-13-4-5-13)2-3-12-6-8-14(9-7-12)19-15(16)17/h6-9,11,13,15,18H,2-5,10H2,1H3. The van der Waals surface area contributed by atoms with E-state index in [1.54, 1.807) is 12.1 Å². The molecule has 0 bridgehead atoms. The van der Waals surface area contributed by atoms with Crippen LogP contribution in [0.15, 0.2) is 24.3 Å². The average molecular weight is 269 g/mol. The van der Waals surface area contributed by atoms with Crippen LogP contribution in [-0.2, 0) is 6.42 Å². The molecule has 0 spiro atoms. The number of rotatable bonds is 8. The number of alkyl halides is 2.